The van der Waals surface area contributed by atoms with E-state index in [-0.39, 0.29) is 6.10 Å². The molecular weight excluding hydrogens is 198 g/mol. The van der Waals surface area contributed by atoms with Crippen LogP contribution in [0.15, 0.2) is 24.3 Å². The van der Waals surface area contributed by atoms with Crippen molar-refractivity contribution in [3.05, 3.63) is 29.8 Å². The summed E-state index contributed by atoms with van der Waals surface area (Å²) in [5.74, 6) is 1.50. The quantitative estimate of drug-likeness (QED) is 0.848. The molecule has 2 nitrogen and oxygen atoms in total. The van der Waals surface area contributed by atoms with Crippen molar-refractivity contribution in [2.75, 3.05) is 0 Å². The predicted molar refractivity (Wildman–Crippen MR) is 66.8 cm³/mol. The monoisotopic (exact) mass is 219 g/mol. The maximum Gasteiger partial charge on any atom is 0.119 e. The van der Waals surface area contributed by atoms with Gasteiger partial charge in [-0.1, -0.05) is 18.6 Å². The lowest BCUT2D eigenvalue weighted by Gasteiger charge is -2.16. The lowest BCUT2D eigenvalue weighted by Crippen LogP contribution is -2.22. The fourth-order valence-corrected chi connectivity index (χ4v) is 2.47. The summed E-state index contributed by atoms with van der Waals surface area (Å²) in [6.07, 6.45) is 3.89. The number of hydrogen-bond donors (Lipinski definition) is 1. The van der Waals surface area contributed by atoms with Crippen molar-refractivity contribution in [2.24, 2.45) is 5.73 Å². The van der Waals surface area contributed by atoms with E-state index < -0.39 is 0 Å². The first-order valence-electron chi connectivity index (χ1n) is 6.19. The average Bonchev–Trinajstić information content (AvgIpc) is 2.65. The van der Waals surface area contributed by atoms with E-state index in [1.165, 1.54) is 18.4 Å². The standard InChI is InChI=1S/C14H21NO/c1-10(2)16-12-8-6-11(7-9-12)13-4-3-5-14(13)15/h6-10,13-14H,3-5,15H2,1-2H3/t13-,14+/m1/s1. The molecule has 88 valence electrons. The summed E-state index contributed by atoms with van der Waals surface area (Å²) in [6, 6.07) is 8.78. The lowest BCUT2D eigenvalue weighted by atomic mass is 9.95. The Morgan fingerprint density at radius 2 is 1.88 bits per heavy atom. The molecule has 1 aliphatic rings. The van der Waals surface area contributed by atoms with Gasteiger partial charge in [0.15, 0.2) is 0 Å². The molecule has 2 N–H and O–H groups in total. The Labute approximate surface area is 97.8 Å². The number of ether oxygens (including phenoxy) is 1. The minimum atomic E-state index is 0.236. The molecule has 1 saturated carbocycles. The normalized spacial score (nSPS) is 25.0. The minimum absolute atomic E-state index is 0.236. The van der Waals surface area contributed by atoms with Crippen LogP contribution in [-0.2, 0) is 0 Å². The molecule has 1 fully saturated rings. The lowest BCUT2D eigenvalue weighted by molar-refractivity contribution is 0.242. The van der Waals surface area contributed by atoms with Crippen molar-refractivity contribution >= 4 is 0 Å². The van der Waals surface area contributed by atoms with Crippen LogP contribution in [0.5, 0.6) is 5.75 Å². The Morgan fingerprint density at radius 1 is 1.19 bits per heavy atom. The van der Waals surface area contributed by atoms with E-state index in [0.29, 0.717) is 12.0 Å². The van der Waals surface area contributed by atoms with Crippen LogP contribution in [0.4, 0.5) is 0 Å². The van der Waals surface area contributed by atoms with Gasteiger partial charge in [0.1, 0.15) is 5.75 Å². The summed E-state index contributed by atoms with van der Waals surface area (Å²) in [7, 11) is 0. The van der Waals surface area contributed by atoms with E-state index in [1.54, 1.807) is 0 Å². The van der Waals surface area contributed by atoms with Gasteiger partial charge in [-0.15, -0.1) is 0 Å². The molecule has 0 aromatic heterocycles. The summed E-state index contributed by atoms with van der Waals surface area (Å²) in [5, 5.41) is 0. The largest absolute Gasteiger partial charge is 0.491 e. The van der Waals surface area contributed by atoms with Gasteiger partial charge in [0.05, 0.1) is 6.10 Å². The van der Waals surface area contributed by atoms with Gasteiger partial charge in [0.25, 0.3) is 0 Å². The molecule has 16 heavy (non-hydrogen) atoms. The van der Waals surface area contributed by atoms with Gasteiger partial charge in [0, 0.05) is 6.04 Å². The van der Waals surface area contributed by atoms with Gasteiger partial charge in [-0.25, -0.2) is 0 Å². The maximum atomic E-state index is 6.10. The average molecular weight is 219 g/mol. The van der Waals surface area contributed by atoms with E-state index in [0.717, 1.165) is 12.2 Å². The van der Waals surface area contributed by atoms with E-state index in [2.05, 4.69) is 24.3 Å². The van der Waals surface area contributed by atoms with Gasteiger partial charge in [-0.2, -0.15) is 0 Å². The van der Waals surface area contributed by atoms with E-state index in [9.17, 15) is 0 Å². The minimum Gasteiger partial charge on any atom is -0.491 e. The number of hydrogen-bond acceptors (Lipinski definition) is 2. The zero-order valence-corrected chi connectivity index (χ0v) is 10.1. The van der Waals surface area contributed by atoms with Crippen LogP contribution in [-0.4, -0.2) is 12.1 Å². The second kappa shape index (κ2) is 4.88. The van der Waals surface area contributed by atoms with Crippen LogP contribution in [0.2, 0.25) is 0 Å². The first-order valence-corrected chi connectivity index (χ1v) is 6.19. The molecule has 2 atom stereocenters. The van der Waals surface area contributed by atoms with Crippen LogP contribution >= 0.6 is 0 Å². The molecule has 1 aromatic carbocycles. The Balaban J connectivity index is 2.07. The fraction of sp³-hybridized carbons (Fsp3) is 0.571. The zero-order chi connectivity index (χ0) is 11.5. The summed E-state index contributed by atoms with van der Waals surface area (Å²) >= 11 is 0. The van der Waals surface area contributed by atoms with Crippen molar-refractivity contribution in [2.45, 2.75) is 51.2 Å². The molecule has 0 unspecified atom stereocenters. The van der Waals surface area contributed by atoms with Gasteiger partial charge in [0.2, 0.25) is 0 Å². The highest BCUT2D eigenvalue weighted by Gasteiger charge is 2.25. The molecule has 0 aliphatic heterocycles. The van der Waals surface area contributed by atoms with Crippen LogP contribution < -0.4 is 10.5 Å². The van der Waals surface area contributed by atoms with E-state index in [1.807, 2.05) is 13.8 Å². The molecule has 1 aliphatic carbocycles. The van der Waals surface area contributed by atoms with Crippen molar-refractivity contribution < 1.29 is 4.74 Å². The van der Waals surface area contributed by atoms with Crippen molar-refractivity contribution in [1.29, 1.82) is 0 Å². The molecular formula is C14H21NO. The second-order valence-corrected chi connectivity index (χ2v) is 4.94. The summed E-state index contributed by atoms with van der Waals surface area (Å²) in [5.41, 5.74) is 7.46. The zero-order valence-electron chi connectivity index (χ0n) is 10.1. The van der Waals surface area contributed by atoms with Crippen LogP contribution in [0.25, 0.3) is 0 Å². The highest BCUT2D eigenvalue weighted by molar-refractivity contribution is 5.31. The first kappa shape index (κ1) is 11.5. The van der Waals surface area contributed by atoms with E-state index in [4.69, 9.17) is 10.5 Å². The van der Waals surface area contributed by atoms with Crippen molar-refractivity contribution in [3.8, 4) is 5.75 Å². The second-order valence-electron chi connectivity index (χ2n) is 4.94. The molecule has 0 amide bonds. The van der Waals surface area contributed by atoms with E-state index >= 15 is 0 Å². The predicted octanol–water partition coefficient (Wildman–Crippen LogP) is 3.07. The Kier molecular flexibility index (Phi) is 3.49. The Bertz CT molecular complexity index is 331. The number of benzene rings is 1. The van der Waals surface area contributed by atoms with Gasteiger partial charge < -0.3 is 10.5 Å². The van der Waals surface area contributed by atoms with Crippen LogP contribution in [0.3, 0.4) is 0 Å². The summed E-state index contributed by atoms with van der Waals surface area (Å²) < 4.78 is 5.63. The molecule has 0 radical (unpaired) electrons. The highest BCUT2D eigenvalue weighted by atomic mass is 16.5. The van der Waals surface area contributed by atoms with Crippen LogP contribution in [0, 0.1) is 0 Å². The van der Waals surface area contributed by atoms with Crippen molar-refractivity contribution in [3.63, 3.8) is 0 Å². The number of rotatable bonds is 3. The first-order chi connectivity index (χ1) is 7.66. The number of nitrogens with two attached hydrogens (primary N) is 1. The van der Waals surface area contributed by atoms with Crippen molar-refractivity contribution in [1.82, 2.24) is 0 Å². The SMILES string of the molecule is CC(C)Oc1ccc([C@H]2CCC[C@@H]2N)cc1. The molecule has 2 heteroatoms. The maximum absolute atomic E-state index is 6.10. The fourth-order valence-electron chi connectivity index (χ4n) is 2.47. The molecule has 0 heterocycles. The molecule has 0 spiro atoms. The molecule has 1 aromatic rings. The van der Waals surface area contributed by atoms with Gasteiger partial charge in [-0.05, 0) is 50.3 Å². The molecule has 0 saturated heterocycles. The molecule has 0 bridgehead atoms. The third kappa shape index (κ3) is 2.56. The van der Waals surface area contributed by atoms with Crippen LogP contribution in [0.1, 0.15) is 44.6 Å². The third-order valence-corrected chi connectivity index (χ3v) is 3.25. The summed E-state index contributed by atoms with van der Waals surface area (Å²) in [6.45, 7) is 4.08. The van der Waals surface area contributed by atoms with Gasteiger partial charge in [-0.3, -0.25) is 0 Å². The Hall–Kier alpha value is -1.02. The Morgan fingerprint density at radius 3 is 2.38 bits per heavy atom. The molecule has 2 rings (SSSR count). The topological polar surface area (TPSA) is 35.2 Å². The summed E-state index contributed by atoms with van der Waals surface area (Å²) in [4.78, 5) is 0. The highest BCUT2D eigenvalue weighted by Crippen LogP contribution is 2.33. The smallest absolute Gasteiger partial charge is 0.119 e. The van der Waals surface area contributed by atoms with Gasteiger partial charge >= 0.3 is 0 Å². The third-order valence-electron chi connectivity index (χ3n) is 3.25.